The molecule has 1 aromatic heterocycles. The summed E-state index contributed by atoms with van der Waals surface area (Å²) in [5.41, 5.74) is 4.37. The number of carbonyl (C=O) groups is 1. The SMILES string of the molecule is CCOc1ccc(C(=O)Nc2ccc(-c3nc4ccccc4s3)c(C)c2)cc1OCC. The molecule has 0 aliphatic rings. The normalized spacial score (nSPS) is 10.8. The van der Waals surface area contributed by atoms with Crippen molar-refractivity contribution in [3.05, 3.63) is 71.8 Å². The highest BCUT2D eigenvalue weighted by molar-refractivity contribution is 7.21. The minimum Gasteiger partial charge on any atom is -0.490 e. The number of carbonyl (C=O) groups excluding carboxylic acids is 1. The van der Waals surface area contributed by atoms with E-state index in [2.05, 4.69) is 11.4 Å². The number of ether oxygens (including phenoxy) is 2. The molecule has 0 atom stereocenters. The fourth-order valence-corrected chi connectivity index (χ4v) is 4.42. The Morgan fingerprint density at radius 1 is 0.968 bits per heavy atom. The molecule has 0 saturated heterocycles. The van der Waals surface area contributed by atoms with Crippen LogP contribution in [0.4, 0.5) is 5.69 Å². The first-order valence-electron chi connectivity index (χ1n) is 10.3. The summed E-state index contributed by atoms with van der Waals surface area (Å²) in [4.78, 5) is 17.5. The Kier molecular flexibility index (Phi) is 6.18. The molecule has 5 nitrogen and oxygen atoms in total. The second-order valence-electron chi connectivity index (χ2n) is 7.00. The second-order valence-corrected chi connectivity index (χ2v) is 8.03. The number of para-hydroxylation sites is 1. The number of benzene rings is 3. The van der Waals surface area contributed by atoms with Gasteiger partial charge in [0, 0.05) is 16.8 Å². The summed E-state index contributed by atoms with van der Waals surface area (Å²) in [5.74, 6) is 1.01. The molecule has 0 unspecified atom stereocenters. The van der Waals surface area contributed by atoms with Crippen LogP contribution in [0, 0.1) is 6.92 Å². The minimum atomic E-state index is -0.198. The van der Waals surface area contributed by atoms with E-state index >= 15 is 0 Å². The molecule has 4 aromatic rings. The lowest BCUT2D eigenvalue weighted by Gasteiger charge is -2.13. The highest BCUT2D eigenvalue weighted by Gasteiger charge is 2.14. The number of nitrogens with one attached hydrogen (secondary N) is 1. The summed E-state index contributed by atoms with van der Waals surface area (Å²) >= 11 is 1.67. The van der Waals surface area contributed by atoms with Crippen LogP contribution in [0.1, 0.15) is 29.8 Å². The van der Waals surface area contributed by atoms with Gasteiger partial charge in [0.25, 0.3) is 5.91 Å². The fraction of sp³-hybridized carbons (Fsp3) is 0.200. The number of aryl methyl sites for hydroxylation is 1. The largest absolute Gasteiger partial charge is 0.490 e. The van der Waals surface area contributed by atoms with Crippen LogP contribution in [0.15, 0.2) is 60.7 Å². The third kappa shape index (κ3) is 4.54. The monoisotopic (exact) mass is 432 g/mol. The molecular formula is C25H24N2O3S. The fourth-order valence-electron chi connectivity index (χ4n) is 3.36. The molecule has 0 bridgehead atoms. The van der Waals surface area contributed by atoms with Crippen molar-refractivity contribution < 1.29 is 14.3 Å². The second kappa shape index (κ2) is 9.18. The van der Waals surface area contributed by atoms with Gasteiger partial charge in [-0.3, -0.25) is 4.79 Å². The van der Waals surface area contributed by atoms with E-state index in [1.165, 1.54) is 0 Å². The Balaban J connectivity index is 1.55. The van der Waals surface area contributed by atoms with Crippen molar-refractivity contribution in [3.8, 4) is 22.1 Å². The molecule has 0 aliphatic carbocycles. The molecule has 1 heterocycles. The number of nitrogens with zero attached hydrogens (tertiary/aromatic N) is 1. The van der Waals surface area contributed by atoms with Gasteiger partial charge in [0.05, 0.1) is 23.4 Å². The maximum Gasteiger partial charge on any atom is 0.255 e. The maximum absolute atomic E-state index is 12.8. The van der Waals surface area contributed by atoms with Crippen LogP contribution in [0.2, 0.25) is 0 Å². The first kappa shape index (κ1) is 20.9. The van der Waals surface area contributed by atoms with E-state index in [4.69, 9.17) is 14.5 Å². The minimum absolute atomic E-state index is 0.198. The highest BCUT2D eigenvalue weighted by atomic mass is 32.1. The predicted octanol–water partition coefficient (Wildman–Crippen LogP) is 6.32. The molecule has 0 saturated carbocycles. The van der Waals surface area contributed by atoms with Crippen molar-refractivity contribution in [1.29, 1.82) is 0 Å². The van der Waals surface area contributed by atoms with Gasteiger partial charge in [-0.1, -0.05) is 12.1 Å². The molecule has 1 N–H and O–H groups in total. The number of anilines is 1. The maximum atomic E-state index is 12.8. The Hall–Kier alpha value is -3.38. The van der Waals surface area contributed by atoms with Crippen LogP contribution in [0.25, 0.3) is 20.8 Å². The molecular weight excluding hydrogens is 408 g/mol. The average Bonchev–Trinajstić information content (AvgIpc) is 3.19. The smallest absolute Gasteiger partial charge is 0.255 e. The zero-order valence-corrected chi connectivity index (χ0v) is 18.6. The summed E-state index contributed by atoms with van der Waals surface area (Å²) in [6.07, 6.45) is 0. The average molecular weight is 433 g/mol. The van der Waals surface area contributed by atoms with Crippen molar-refractivity contribution >= 4 is 33.1 Å². The molecule has 4 rings (SSSR count). The Labute approximate surface area is 185 Å². The third-order valence-electron chi connectivity index (χ3n) is 4.81. The molecule has 0 fully saturated rings. The van der Waals surface area contributed by atoms with Crippen LogP contribution in [-0.4, -0.2) is 24.1 Å². The zero-order chi connectivity index (χ0) is 21.8. The molecule has 31 heavy (non-hydrogen) atoms. The zero-order valence-electron chi connectivity index (χ0n) is 17.8. The summed E-state index contributed by atoms with van der Waals surface area (Å²) in [6.45, 7) is 6.87. The summed E-state index contributed by atoms with van der Waals surface area (Å²) in [5, 5.41) is 3.95. The third-order valence-corrected chi connectivity index (χ3v) is 5.88. The van der Waals surface area contributed by atoms with Gasteiger partial charge in [0.15, 0.2) is 11.5 Å². The van der Waals surface area contributed by atoms with Crippen molar-refractivity contribution in [3.63, 3.8) is 0 Å². The van der Waals surface area contributed by atoms with Gasteiger partial charge in [0.2, 0.25) is 0 Å². The number of thiazole rings is 1. The lowest BCUT2D eigenvalue weighted by molar-refractivity contribution is 0.102. The molecule has 0 spiro atoms. The predicted molar refractivity (Wildman–Crippen MR) is 127 cm³/mol. The summed E-state index contributed by atoms with van der Waals surface area (Å²) < 4.78 is 12.4. The molecule has 0 aliphatic heterocycles. The Morgan fingerprint density at radius 3 is 2.48 bits per heavy atom. The Morgan fingerprint density at radius 2 is 1.74 bits per heavy atom. The van der Waals surface area contributed by atoms with Gasteiger partial charge < -0.3 is 14.8 Å². The molecule has 158 valence electrons. The van der Waals surface area contributed by atoms with Crippen LogP contribution < -0.4 is 14.8 Å². The number of fused-ring (bicyclic) bond motifs is 1. The number of aromatic nitrogens is 1. The lowest BCUT2D eigenvalue weighted by Crippen LogP contribution is -2.12. The van der Waals surface area contributed by atoms with Gasteiger partial charge in [-0.15, -0.1) is 11.3 Å². The van der Waals surface area contributed by atoms with Crippen LogP contribution >= 0.6 is 11.3 Å². The standard InChI is InChI=1S/C25H24N2O3S/c1-4-29-21-13-10-17(15-22(21)30-5-2)24(28)26-18-11-12-19(16(3)14-18)25-27-20-8-6-7-9-23(20)31-25/h6-15H,4-5H2,1-3H3,(H,26,28). The van der Waals surface area contributed by atoms with E-state index in [0.717, 1.165) is 32.0 Å². The highest BCUT2D eigenvalue weighted by Crippen LogP contribution is 2.33. The number of hydrogen-bond donors (Lipinski definition) is 1. The summed E-state index contributed by atoms with van der Waals surface area (Å²) in [6, 6.07) is 19.2. The van der Waals surface area contributed by atoms with Crippen molar-refractivity contribution in [2.45, 2.75) is 20.8 Å². The van der Waals surface area contributed by atoms with Crippen LogP contribution in [0.5, 0.6) is 11.5 Å². The van der Waals surface area contributed by atoms with Crippen LogP contribution in [-0.2, 0) is 0 Å². The van der Waals surface area contributed by atoms with Gasteiger partial charge >= 0.3 is 0 Å². The first-order chi connectivity index (χ1) is 15.1. The van der Waals surface area contributed by atoms with E-state index < -0.39 is 0 Å². The quantitative estimate of drug-likeness (QED) is 0.371. The number of amides is 1. The van der Waals surface area contributed by atoms with Gasteiger partial charge in [-0.05, 0) is 74.9 Å². The summed E-state index contributed by atoms with van der Waals surface area (Å²) in [7, 11) is 0. The van der Waals surface area contributed by atoms with Crippen LogP contribution in [0.3, 0.4) is 0 Å². The number of rotatable bonds is 7. The number of hydrogen-bond acceptors (Lipinski definition) is 5. The molecule has 1 amide bonds. The van der Waals surface area contributed by atoms with E-state index in [1.807, 2.05) is 57.2 Å². The molecule has 3 aromatic carbocycles. The first-order valence-corrected chi connectivity index (χ1v) is 11.1. The van der Waals surface area contributed by atoms with E-state index in [9.17, 15) is 4.79 Å². The van der Waals surface area contributed by atoms with E-state index in [0.29, 0.717) is 30.3 Å². The van der Waals surface area contributed by atoms with E-state index in [1.54, 1.807) is 29.5 Å². The van der Waals surface area contributed by atoms with Crippen molar-refractivity contribution in [2.24, 2.45) is 0 Å². The molecule has 6 heteroatoms. The lowest BCUT2D eigenvalue weighted by atomic mass is 10.1. The topological polar surface area (TPSA) is 60.5 Å². The molecule has 0 radical (unpaired) electrons. The van der Waals surface area contributed by atoms with Crippen molar-refractivity contribution in [1.82, 2.24) is 4.98 Å². The Bertz CT molecular complexity index is 1200. The van der Waals surface area contributed by atoms with Gasteiger partial charge in [-0.25, -0.2) is 4.98 Å². The van der Waals surface area contributed by atoms with Gasteiger partial charge in [-0.2, -0.15) is 0 Å². The van der Waals surface area contributed by atoms with Crippen molar-refractivity contribution in [2.75, 3.05) is 18.5 Å². The van der Waals surface area contributed by atoms with Gasteiger partial charge in [0.1, 0.15) is 5.01 Å². The van der Waals surface area contributed by atoms with E-state index in [-0.39, 0.29) is 5.91 Å².